The molecule has 7 nitrogen and oxygen atoms in total. The normalized spacial score (nSPS) is 13.8. The summed E-state index contributed by atoms with van der Waals surface area (Å²) < 4.78 is 10.5. The molecule has 166 valence electrons. The van der Waals surface area contributed by atoms with Gasteiger partial charge < -0.3 is 19.1 Å². The van der Waals surface area contributed by atoms with Crippen LogP contribution >= 0.6 is 0 Å². The van der Waals surface area contributed by atoms with E-state index < -0.39 is 0 Å². The number of benzene rings is 2. The highest BCUT2D eigenvalue weighted by Gasteiger charge is 2.27. The first-order valence-electron chi connectivity index (χ1n) is 10.8. The van der Waals surface area contributed by atoms with Gasteiger partial charge in [-0.2, -0.15) is 0 Å². The number of rotatable bonds is 6. The van der Waals surface area contributed by atoms with E-state index in [1.54, 1.807) is 18.1 Å². The van der Waals surface area contributed by atoms with Crippen molar-refractivity contribution < 1.29 is 18.8 Å². The topological polar surface area (TPSA) is 75.9 Å². The number of nitrogens with zero attached hydrogens (tertiary/aromatic N) is 3. The number of methoxy groups -OCH3 is 1. The first-order valence-corrected chi connectivity index (χ1v) is 10.8. The van der Waals surface area contributed by atoms with Gasteiger partial charge >= 0.3 is 0 Å². The average molecular weight is 434 g/mol. The number of hydrogen-bond acceptors (Lipinski definition) is 5. The van der Waals surface area contributed by atoms with Crippen molar-refractivity contribution in [2.24, 2.45) is 0 Å². The Labute approximate surface area is 187 Å². The highest BCUT2D eigenvalue weighted by atomic mass is 16.5. The molecule has 1 fully saturated rings. The minimum atomic E-state index is -0.193. The fourth-order valence-corrected chi connectivity index (χ4v) is 3.75. The molecule has 4 rings (SSSR count). The van der Waals surface area contributed by atoms with Crippen molar-refractivity contribution in [3.8, 4) is 17.0 Å². The SMILES string of the molecule is COc1ccc(CCC(=O)N2CCN(C(=O)c3cc(-c4ccc(C)cc4)no3)CC2)cc1. The number of hydrogen-bond donors (Lipinski definition) is 0. The maximum atomic E-state index is 12.8. The zero-order valence-corrected chi connectivity index (χ0v) is 18.4. The Bertz CT molecular complexity index is 1070. The van der Waals surface area contributed by atoms with Crippen molar-refractivity contribution >= 4 is 11.8 Å². The van der Waals surface area contributed by atoms with E-state index in [0.29, 0.717) is 44.7 Å². The predicted octanol–water partition coefficient (Wildman–Crippen LogP) is 3.58. The Morgan fingerprint density at radius 1 is 0.969 bits per heavy atom. The van der Waals surface area contributed by atoms with Gasteiger partial charge in [-0.1, -0.05) is 47.1 Å². The number of piperazine rings is 1. The number of carbonyl (C=O) groups excluding carboxylic acids is 2. The van der Waals surface area contributed by atoms with Crippen LogP contribution in [0.25, 0.3) is 11.3 Å². The summed E-state index contributed by atoms with van der Waals surface area (Å²) >= 11 is 0. The third-order valence-electron chi connectivity index (χ3n) is 5.77. The Kier molecular flexibility index (Phi) is 6.54. The molecule has 32 heavy (non-hydrogen) atoms. The van der Waals surface area contributed by atoms with Crippen molar-refractivity contribution in [1.29, 1.82) is 0 Å². The average Bonchev–Trinajstić information content (AvgIpc) is 3.33. The molecule has 1 aromatic heterocycles. The van der Waals surface area contributed by atoms with Gasteiger partial charge in [0.25, 0.3) is 5.91 Å². The van der Waals surface area contributed by atoms with Crippen molar-refractivity contribution in [2.45, 2.75) is 19.8 Å². The lowest BCUT2D eigenvalue weighted by molar-refractivity contribution is -0.132. The summed E-state index contributed by atoms with van der Waals surface area (Å²) in [6, 6.07) is 17.3. The molecule has 7 heteroatoms. The largest absolute Gasteiger partial charge is 0.497 e. The van der Waals surface area contributed by atoms with E-state index in [2.05, 4.69) is 5.16 Å². The monoisotopic (exact) mass is 433 g/mol. The van der Waals surface area contributed by atoms with E-state index in [-0.39, 0.29) is 17.6 Å². The molecule has 0 spiro atoms. The second-order valence-corrected chi connectivity index (χ2v) is 7.96. The molecule has 0 bridgehead atoms. The van der Waals surface area contributed by atoms with E-state index in [9.17, 15) is 9.59 Å². The van der Waals surface area contributed by atoms with Crippen molar-refractivity contribution in [3.63, 3.8) is 0 Å². The second-order valence-electron chi connectivity index (χ2n) is 7.96. The second kappa shape index (κ2) is 9.68. The predicted molar refractivity (Wildman–Crippen MR) is 120 cm³/mol. The number of ether oxygens (including phenoxy) is 1. The smallest absolute Gasteiger partial charge is 0.292 e. The van der Waals surface area contributed by atoms with Crippen LogP contribution in [-0.2, 0) is 11.2 Å². The maximum absolute atomic E-state index is 12.8. The zero-order valence-electron chi connectivity index (χ0n) is 18.4. The summed E-state index contributed by atoms with van der Waals surface area (Å²) in [4.78, 5) is 29.0. The van der Waals surface area contributed by atoms with Crippen LogP contribution in [0.15, 0.2) is 59.1 Å². The number of aromatic nitrogens is 1. The van der Waals surface area contributed by atoms with E-state index in [0.717, 1.165) is 22.4 Å². The molecule has 0 saturated carbocycles. The molecule has 2 aromatic carbocycles. The van der Waals surface area contributed by atoms with Crippen molar-refractivity contribution in [1.82, 2.24) is 15.0 Å². The van der Waals surface area contributed by atoms with Gasteiger partial charge in [0, 0.05) is 44.2 Å². The van der Waals surface area contributed by atoms with E-state index >= 15 is 0 Å². The first-order chi connectivity index (χ1) is 15.5. The van der Waals surface area contributed by atoms with Gasteiger partial charge in [0.2, 0.25) is 11.7 Å². The highest BCUT2D eigenvalue weighted by molar-refractivity contribution is 5.92. The summed E-state index contributed by atoms with van der Waals surface area (Å²) in [5.41, 5.74) is 3.80. The van der Waals surface area contributed by atoms with Crippen LogP contribution in [0.2, 0.25) is 0 Å². The third kappa shape index (κ3) is 4.99. The fraction of sp³-hybridized carbons (Fsp3) is 0.320. The summed E-state index contributed by atoms with van der Waals surface area (Å²) in [5.74, 6) is 0.939. The minimum Gasteiger partial charge on any atom is -0.497 e. The fourth-order valence-electron chi connectivity index (χ4n) is 3.75. The van der Waals surface area contributed by atoms with Crippen LogP contribution in [0.5, 0.6) is 5.75 Å². The molecule has 0 radical (unpaired) electrons. The summed E-state index contributed by atoms with van der Waals surface area (Å²) in [6.45, 7) is 4.02. The van der Waals surface area contributed by atoms with Gasteiger partial charge in [-0.3, -0.25) is 9.59 Å². The number of aryl methyl sites for hydroxylation is 2. The molecule has 0 unspecified atom stereocenters. The van der Waals surface area contributed by atoms with Gasteiger partial charge in [-0.25, -0.2) is 0 Å². The third-order valence-corrected chi connectivity index (χ3v) is 5.77. The Balaban J connectivity index is 1.28. The number of carbonyl (C=O) groups is 2. The van der Waals surface area contributed by atoms with Gasteiger partial charge in [0.05, 0.1) is 7.11 Å². The lowest BCUT2D eigenvalue weighted by atomic mass is 10.1. The molecule has 2 heterocycles. The Morgan fingerprint density at radius 3 is 2.28 bits per heavy atom. The highest BCUT2D eigenvalue weighted by Crippen LogP contribution is 2.21. The van der Waals surface area contributed by atoms with E-state index in [1.165, 1.54) is 0 Å². The molecule has 3 aromatic rings. The van der Waals surface area contributed by atoms with Crippen molar-refractivity contribution in [2.75, 3.05) is 33.3 Å². The molecule has 1 saturated heterocycles. The number of amides is 2. The standard InChI is InChI=1S/C25H27N3O4/c1-18-3-8-20(9-4-18)22-17-23(32-26-22)25(30)28-15-13-27(14-16-28)24(29)12-7-19-5-10-21(31-2)11-6-19/h3-6,8-11,17H,7,12-16H2,1-2H3. The van der Waals surface area contributed by atoms with E-state index in [1.807, 2.05) is 60.4 Å². The molecule has 2 amide bonds. The summed E-state index contributed by atoms with van der Waals surface area (Å²) in [5, 5.41) is 4.04. The molecular weight excluding hydrogens is 406 g/mol. The van der Waals surface area contributed by atoms with Gasteiger partial charge in [-0.15, -0.1) is 0 Å². The van der Waals surface area contributed by atoms with Crippen LogP contribution in [0, 0.1) is 6.92 Å². The molecule has 1 aliphatic heterocycles. The van der Waals surface area contributed by atoms with Crippen LogP contribution in [-0.4, -0.2) is 60.1 Å². The molecule has 0 aliphatic carbocycles. The lowest BCUT2D eigenvalue weighted by Crippen LogP contribution is -2.50. The molecule has 0 N–H and O–H groups in total. The Morgan fingerprint density at radius 2 is 1.62 bits per heavy atom. The minimum absolute atomic E-state index is 0.106. The quantitative estimate of drug-likeness (QED) is 0.594. The maximum Gasteiger partial charge on any atom is 0.292 e. The first kappa shape index (κ1) is 21.6. The Hall–Kier alpha value is -3.61. The summed E-state index contributed by atoms with van der Waals surface area (Å²) in [6.07, 6.45) is 1.13. The van der Waals surface area contributed by atoms with Crippen LogP contribution in [0.1, 0.15) is 28.1 Å². The van der Waals surface area contributed by atoms with Gasteiger partial charge in [-0.05, 0) is 31.0 Å². The zero-order chi connectivity index (χ0) is 22.5. The lowest BCUT2D eigenvalue weighted by Gasteiger charge is -2.34. The van der Waals surface area contributed by atoms with Crippen LogP contribution in [0.3, 0.4) is 0 Å². The van der Waals surface area contributed by atoms with Crippen LogP contribution < -0.4 is 4.74 Å². The molecular formula is C25H27N3O4. The van der Waals surface area contributed by atoms with E-state index in [4.69, 9.17) is 9.26 Å². The van der Waals surface area contributed by atoms with Crippen molar-refractivity contribution in [3.05, 3.63) is 71.5 Å². The summed E-state index contributed by atoms with van der Waals surface area (Å²) in [7, 11) is 1.63. The molecule has 1 aliphatic rings. The van der Waals surface area contributed by atoms with Crippen LogP contribution in [0.4, 0.5) is 0 Å². The van der Waals surface area contributed by atoms with Gasteiger partial charge in [0.15, 0.2) is 0 Å². The van der Waals surface area contributed by atoms with Gasteiger partial charge in [0.1, 0.15) is 11.4 Å². The molecule has 0 atom stereocenters.